The maximum atomic E-state index is 12.9. The van der Waals surface area contributed by atoms with E-state index < -0.39 is 0 Å². The zero-order valence-corrected chi connectivity index (χ0v) is 14.4. The minimum absolute atomic E-state index is 0.160. The first-order chi connectivity index (χ1) is 11.6. The Labute approximate surface area is 146 Å². The molecule has 8 heteroatoms. The highest BCUT2D eigenvalue weighted by Crippen LogP contribution is 2.26. The van der Waals surface area contributed by atoms with Crippen molar-refractivity contribution in [2.75, 3.05) is 5.75 Å². The van der Waals surface area contributed by atoms with Crippen LogP contribution >= 0.6 is 23.1 Å². The molecule has 0 bridgehead atoms. The summed E-state index contributed by atoms with van der Waals surface area (Å²) in [5.41, 5.74) is 0.840. The summed E-state index contributed by atoms with van der Waals surface area (Å²) in [6.07, 6.45) is 0. The van der Waals surface area contributed by atoms with Gasteiger partial charge in [0.05, 0.1) is 16.7 Å². The van der Waals surface area contributed by atoms with Gasteiger partial charge in [0.25, 0.3) is 11.1 Å². The molecule has 24 heavy (non-hydrogen) atoms. The van der Waals surface area contributed by atoms with Crippen LogP contribution in [0, 0.1) is 5.82 Å². The van der Waals surface area contributed by atoms with Gasteiger partial charge < -0.3 is 9.73 Å². The van der Waals surface area contributed by atoms with Crippen LogP contribution in [0.15, 0.2) is 51.4 Å². The van der Waals surface area contributed by atoms with Crippen LogP contribution in [0.1, 0.15) is 18.5 Å². The first-order valence-corrected chi connectivity index (χ1v) is 9.03. The second-order valence-electron chi connectivity index (χ2n) is 4.98. The van der Waals surface area contributed by atoms with Gasteiger partial charge >= 0.3 is 0 Å². The van der Waals surface area contributed by atoms with Crippen LogP contribution in [0.2, 0.25) is 0 Å². The van der Waals surface area contributed by atoms with E-state index in [9.17, 15) is 9.18 Å². The minimum atomic E-state index is -0.300. The van der Waals surface area contributed by atoms with Gasteiger partial charge in [0.2, 0.25) is 5.91 Å². The number of rotatable bonds is 6. The van der Waals surface area contributed by atoms with Crippen molar-refractivity contribution in [1.82, 2.24) is 15.5 Å². The Kier molecular flexibility index (Phi) is 5.27. The Balaban J connectivity index is 1.51. The van der Waals surface area contributed by atoms with Gasteiger partial charge in [-0.2, -0.15) is 0 Å². The van der Waals surface area contributed by atoms with E-state index in [4.69, 9.17) is 4.42 Å². The smallest absolute Gasteiger partial charge is 0.277 e. The lowest BCUT2D eigenvalue weighted by atomic mass is 10.1. The van der Waals surface area contributed by atoms with Gasteiger partial charge in [-0.05, 0) is 36.1 Å². The molecule has 5 nitrogen and oxygen atoms in total. The molecule has 1 unspecified atom stereocenters. The molecule has 2 aromatic heterocycles. The van der Waals surface area contributed by atoms with Gasteiger partial charge in [0.15, 0.2) is 0 Å². The molecule has 1 atom stereocenters. The number of hydrogen-bond donors (Lipinski definition) is 1. The molecule has 2 heterocycles. The van der Waals surface area contributed by atoms with Gasteiger partial charge in [0.1, 0.15) is 5.82 Å². The van der Waals surface area contributed by atoms with Crippen molar-refractivity contribution >= 4 is 29.0 Å². The summed E-state index contributed by atoms with van der Waals surface area (Å²) >= 11 is 2.69. The van der Waals surface area contributed by atoms with Crippen molar-refractivity contribution < 1.29 is 13.6 Å². The standard InChI is InChI=1S/C16H14FN3O2S2/c1-10(11-4-6-12(17)7-5-11)18-14(21)9-24-16-20-19-15(22-16)13-3-2-8-23-13/h2-8,10H,9H2,1H3,(H,18,21). The Morgan fingerprint density at radius 3 is 2.83 bits per heavy atom. The summed E-state index contributed by atoms with van der Waals surface area (Å²) in [5, 5.41) is 13.0. The maximum Gasteiger partial charge on any atom is 0.277 e. The summed E-state index contributed by atoms with van der Waals surface area (Å²) in [6.45, 7) is 1.84. The maximum absolute atomic E-state index is 12.9. The molecule has 3 aromatic rings. The van der Waals surface area contributed by atoms with Crippen molar-refractivity contribution in [1.29, 1.82) is 0 Å². The predicted octanol–water partition coefficient (Wildman–Crippen LogP) is 3.91. The highest BCUT2D eigenvalue weighted by atomic mass is 32.2. The number of hydrogen-bond acceptors (Lipinski definition) is 6. The number of nitrogens with zero attached hydrogens (tertiary/aromatic N) is 2. The number of carbonyl (C=O) groups excluding carboxylic acids is 1. The Hall–Kier alpha value is -2.19. The number of amides is 1. The molecule has 1 amide bonds. The lowest BCUT2D eigenvalue weighted by Gasteiger charge is -2.13. The van der Waals surface area contributed by atoms with Gasteiger partial charge in [-0.25, -0.2) is 4.39 Å². The van der Waals surface area contributed by atoms with Crippen molar-refractivity contribution in [3.8, 4) is 10.8 Å². The molecule has 1 aromatic carbocycles. The molecule has 0 aliphatic heterocycles. The Morgan fingerprint density at radius 2 is 2.12 bits per heavy atom. The van der Waals surface area contributed by atoms with Crippen LogP contribution in [0.5, 0.6) is 0 Å². The van der Waals surface area contributed by atoms with Crippen molar-refractivity contribution in [2.45, 2.75) is 18.2 Å². The fourth-order valence-electron chi connectivity index (χ4n) is 2.01. The second kappa shape index (κ2) is 7.59. The average Bonchev–Trinajstić information content (AvgIpc) is 3.25. The van der Waals surface area contributed by atoms with E-state index >= 15 is 0 Å². The van der Waals surface area contributed by atoms with E-state index in [2.05, 4.69) is 15.5 Å². The van der Waals surface area contributed by atoms with Gasteiger partial charge in [0, 0.05) is 0 Å². The summed E-state index contributed by atoms with van der Waals surface area (Å²) in [7, 11) is 0. The van der Waals surface area contributed by atoms with Gasteiger partial charge in [-0.3, -0.25) is 4.79 Å². The number of nitrogens with one attached hydrogen (secondary N) is 1. The van der Waals surface area contributed by atoms with Gasteiger partial charge in [-0.15, -0.1) is 21.5 Å². The van der Waals surface area contributed by atoms with Crippen molar-refractivity contribution in [2.24, 2.45) is 0 Å². The van der Waals surface area contributed by atoms with E-state index in [0.717, 1.165) is 10.4 Å². The van der Waals surface area contributed by atoms with E-state index in [0.29, 0.717) is 11.1 Å². The molecule has 124 valence electrons. The van der Waals surface area contributed by atoms with E-state index in [-0.39, 0.29) is 23.5 Å². The first kappa shape index (κ1) is 16.7. The monoisotopic (exact) mass is 363 g/mol. The third-order valence-electron chi connectivity index (χ3n) is 3.21. The quantitative estimate of drug-likeness (QED) is 0.673. The molecule has 0 saturated carbocycles. The number of aromatic nitrogens is 2. The van der Waals surface area contributed by atoms with Crippen LogP contribution in [0.4, 0.5) is 4.39 Å². The lowest BCUT2D eigenvalue weighted by Crippen LogP contribution is -2.28. The number of carbonyl (C=O) groups is 1. The van der Waals surface area contributed by atoms with Gasteiger partial charge in [-0.1, -0.05) is 30.0 Å². The highest BCUT2D eigenvalue weighted by Gasteiger charge is 2.14. The fourth-order valence-corrected chi connectivity index (χ4v) is 3.23. The Morgan fingerprint density at radius 1 is 1.33 bits per heavy atom. The summed E-state index contributed by atoms with van der Waals surface area (Å²) in [6, 6.07) is 9.64. The molecule has 0 saturated heterocycles. The van der Waals surface area contributed by atoms with Crippen molar-refractivity contribution in [3.63, 3.8) is 0 Å². The first-order valence-electron chi connectivity index (χ1n) is 7.17. The lowest BCUT2D eigenvalue weighted by molar-refractivity contribution is -0.119. The van der Waals surface area contributed by atoms with E-state index in [1.165, 1.54) is 35.2 Å². The fraction of sp³-hybridized carbons (Fsp3) is 0.188. The topological polar surface area (TPSA) is 68.0 Å². The van der Waals surface area contributed by atoms with Crippen LogP contribution in [-0.2, 0) is 4.79 Å². The molecule has 3 rings (SSSR count). The zero-order chi connectivity index (χ0) is 16.9. The normalized spacial score (nSPS) is 12.1. The van der Waals surface area contributed by atoms with Crippen LogP contribution < -0.4 is 5.32 Å². The minimum Gasteiger partial charge on any atom is -0.410 e. The predicted molar refractivity (Wildman–Crippen MR) is 91.3 cm³/mol. The SMILES string of the molecule is CC(NC(=O)CSc1nnc(-c2cccs2)o1)c1ccc(F)cc1. The summed E-state index contributed by atoms with van der Waals surface area (Å²) in [5.74, 6) is 0.156. The van der Waals surface area contributed by atoms with Crippen LogP contribution in [-0.4, -0.2) is 21.9 Å². The second-order valence-corrected chi connectivity index (χ2v) is 6.85. The number of halogens is 1. The average molecular weight is 363 g/mol. The molecular weight excluding hydrogens is 349 g/mol. The summed E-state index contributed by atoms with van der Waals surface area (Å²) in [4.78, 5) is 12.9. The molecule has 0 radical (unpaired) electrons. The van der Waals surface area contributed by atoms with Crippen LogP contribution in [0.25, 0.3) is 10.8 Å². The molecule has 0 aliphatic rings. The van der Waals surface area contributed by atoms with Crippen molar-refractivity contribution in [3.05, 3.63) is 53.2 Å². The highest BCUT2D eigenvalue weighted by molar-refractivity contribution is 7.99. The number of thioether (sulfide) groups is 1. The molecule has 1 N–H and O–H groups in total. The largest absolute Gasteiger partial charge is 0.410 e. The number of thiophene rings is 1. The number of benzene rings is 1. The van der Waals surface area contributed by atoms with Crippen LogP contribution in [0.3, 0.4) is 0 Å². The molecular formula is C16H14FN3O2S2. The summed E-state index contributed by atoms with van der Waals surface area (Å²) < 4.78 is 18.4. The van der Waals surface area contributed by atoms with E-state index in [1.807, 2.05) is 24.4 Å². The molecule has 0 fully saturated rings. The third-order valence-corrected chi connectivity index (χ3v) is 4.89. The molecule has 0 spiro atoms. The zero-order valence-electron chi connectivity index (χ0n) is 12.7. The third kappa shape index (κ3) is 4.21. The van der Waals surface area contributed by atoms with E-state index in [1.54, 1.807) is 12.1 Å². The molecule has 0 aliphatic carbocycles. The Bertz CT molecular complexity index is 803.